The number of hydrogen-bond acceptors (Lipinski definition) is 13. The standard InChI is InChI=1S/C17H22N2O3.C10H12N2O4.C8H11N3O3S/c1-4-22-11-19-14(10-13-8-6-5-7-9-13)15(12(2)3)16(20)18-17(19)21;1-6-4-12(10(15)11-9(6)14)8-3-2-7(5-13)16-8;9-5-1-2-11(8(13)10-5)6-4-15-7(3-12)14-6/h5-9,12H,4,10-11H2,1-3H3,(H,18,20,21);2-4,7-8,13H,5H2,1H3,(H,11,14,15);1-2,6-7,12H,3-4H2,(H2,9,10,13)/t;7-,8+;6-,7+/m.00/s1. The highest BCUT2D eigenvalue weighted by molar-refractivity contribution is 8.00. The normalized spacial score (nSPS) is 19.1. The number of aryl methyl sites for hydroxylation is 1. The molecule has 0 aliphatic carbocycles. The maximum absolute atomic E-state index is 12.2. The highest BCUT2D eigenvalue weighted by atomic mass is 32.2. The molecule has 1 fully saturated rings. The van der Waals surface area contributed by atoms with Crippen LogP contribution >= 0.6 is 11.8 Å². The predicted octanol–water partition coefficient (Wildman–Crippen LogP) is 0.942. The largest absolute Gasteiger partial charge is 0.393 e. The van der Waals surface area contributed by atoms with E-state index in [2.05, 4.69) is 15.0 Å². The number of nitrogens with two attached hydrogens (primary N) is 1. The molecule has 0 bridgehead atoms. The maximum Gasteiger partial charge on any atom is 0.351 e. The minimum Gasteiger partial charge on any atom is -0.393 e. The number of benzene rings is 1. The first-order valence-corrected chi connectivity index (χ1v) is 17.9. The van der Waals surface area contributed by atoms with Gasteiger partial charge in [0.2, 0.25) is 0 Å². The summed E-state index contributed by atoms with van der Waals surface area (Å²) in [6.07, 6.45) is 5.53. The first-order chi connectivity index (χ1) is 25.4. The second-order valence-electron chi connectivity index (χ2n) is 12.2. The van der Waals surface area contributed by atoms with E-state index in [0.717, 1.165) is 11.3 Å². The van der Waals surface area contributed by atoms with Crippen molar-refractivity contribution >= 4 is 17.6 Å². The van der Waals surface area contributed by atoms with E-state index in [9.17, 15) is 24.0 Å². The molecule has 6 N–H and O–H groups in total. The Labute approximate surface area is 307 Å². The molecule has 2 aliphatic rings. The van der Waals surface area contributed by atoms with E-state index < -0.39 is 35.0 Å². The van der Waals surface area contributed by atoms with Crippen molar-refractivity contribution in [1.82, 2.24) is 28.7 Å². The molecule has 18 heteroatoms. The predicted molar refractivity (Wildman–Crippen MR) is 199 cm³/mol. The molecule has 286 valence electrons. The van der Waals surface area contributed by atoms with Crippen molar-refractivity contribution in [3.63, 3.8) is 0 Å². The number of ether oxygens (including phenoxy) is 3. The van der Waals surface area contributed by atoms with E-state index >= 15 is 0 Å². The molecule has 0 unspecified atom stereocenters. The van der Waals surface area contributed by atoms with Gasteiger partial charge in [0.25, 0.3) is 11.1 Å². The van der Waals surface area contributed by atoms with Crippen molar-refractivity contribution in [2.45, 2.75) is 70.8 Å². The minimum absolute atomic E-state index is 0.0240. The van der Waals surface area contributed by atoms with Gasteiger partial charge in [0.15, 0.2) is 6.23 Å². The van der Waals surface area contributed by atoms with E-state index in [4.69, 9.17) is 30.2 Å². The first-order valence-electron chi connectivity index (χ1n) is 16.8. The molecule has 17 nitrogen and oxygen atoms in total. The highest BCUT2D eigenvalue weighted by Gasteiger charge is 2.27. The lowest BCUT2D eigenvalue weighted by Gasteiger charge is -2.18. The zero-order valence-corrected chi connectivity index (χ0v) is 30.7. The van der Waals surface area contributed by atoms with Crippen LogP contribution in [0.1, 0.15) is 61.5 Å². The number of rotatable bonds is 10. The summed E-state index contributed by atoms with van der Waals surface area (Å²) >= 11 is 1.47. The van der Waals surface area contributed by atoms with E-state index in [1.807, 2.05) is 51.1 Å². The molecule has 0 saturated carbocycles. The van der Waals surface area contributed by atoms with Gasteiger partial charge in [-0.3, -0.25) is 33.3 Å². The lowest BCUT2D eigenvalue weighted by Crippen LogP contribution is -2.36. The molecule has 5 heterocycles. The fourth-order valence-electron chi connectivity index (χ4n) is 5.38. The fraction of sp³-hybridized carbons (Fsp3) is 0.429. The Hall–Kier alpha value is -4.85. The molecular weight excluding hydrogens is 710 g/mol. The maximum atomic E-state index is 12.2. The molecule has 2 aliphatic heterocycles. The number of nitrogen functional groups attached to an aromatic ring is 1. The van der Waals surface area contributed by atoms with Crippen LogP contribution in [0.2, 0.25) is 0 Å². The SMILES string of the molecule is CCOCn1c(Cc2ccccc2)c(C(C)C)c(=O)[nH]c1=O.Cc1cn([C@H]2C=C[C@@H](CO)O2)c(=O)[nH]c1=O.Nc1ccn([C@@H]2CS[C@H](CO)O2)c(=O)n1. The van der Waals surface area contributed by atoms with Crippen LogP contribution in [0.15, 0.2) is 84.9 Å². The monoisotopic (exact) mass is 755 g/mol. The van der Waals surface area contributed by atoms with Crippen molar-refractivity contribution in [1.29, 1.82) is 0 Å². The van der Waals surface area contributed by atoms with Crippen LogP contribution in [0.5, 0.6) is 0 Å². The lowest BCUT2D eigenvalue weighted by molar-refractivity contribution is -0.0104. The molecule has 53 heavy (non-hydrogen) atoms. The minimum atomic E-state index is -0.569. The molecule has 1 aromatic carbocycles. The van der Waals surface area contributed by atoms with Crippen molar-refractivity contribution in [2.24, 2.45) is 0 Å². The summed E-state index contributed by atoms with van der Waals surface area (Å²) in [4.78, 5) is 66.7. The number of H-pyrrole nitrogens is 2. The second kappa shape index (κ2) is 19.3. The van der Waals surface area contributed by atoms with E-state index in [0.29, 0.717) is 29.9 Å². The fourth-order valence-corrected chi connectivity index (χ4v) is 6.31. The first kappa shape index (κ1) is 40.9. The average Bonchev–Trinajstić information content (AvgIpc) is 3.81. The van der Waals surface area contributed by atoms with Gasteiger partial charge in [0.1, 0.15) is 30.3 Å². The summed E-state index contributed by atoms with van der Waals surface area (Å²) in [5.74, 6) is 0.841. The van der Waals surface area contributed by atoms with E-state index in [1.165, 1.54) is 31.7 Å². The number of aromatic amines is 2. The quantitative estimate of drug-likeness (QED) is 0.142. The number of hydrogen-bond donors (Lipinski definition) is 5. The van der Waals surface area contributed by atoms with Crippen molar-refractivity contribution in [3.8, 4) is 0 Å². The third-order valence-electron chi connectivity index (χ3n) is 8.01. The number of aliphatic hydroxyl groups excluding tert-OH is 2. The molecule has 1 saturated heterocycles. The van der Waals surface area contributed by atoms with Gasteiger partial charge in [-0.1, -0.05) is 50.3 Å². The molecule has 4 atom stereocenters. The molecule has 0 radical (unpaired) electrons. The van der Waals surface area contributed by atoms with Gasteiger partial charge in [-0.2, -0.15) is 4.98 Å². The van der Waals surface area contributed by atoms with Gasteiger partial charge in [-0.15, -0.1) is 11.8 Å². The topological polar surface area (TPSA) is 239 Å². The number of aliphatic hydroxyl groups is 2. The summed E-state index contributed by atoms with van der Waals surface area (Å²) in [5.41, 5.74) is 5.88. The van der Waals surface area contributed by atoms with Crippen LogP contribution in [0.4, 0.5) is 5.82 Å². The Morgan fingerprint density at radius 2 is 1.70 bits per heavy atom. The van der Waals surface area contributed by atoms with Crippen molar-refractivity contribution < 1.29 is 24.4 Å². The van der Waals surface area contributed by atoms with Gasteiger partial charge >= 0.3 is 17.1 Å². The van der Waals surface area contributed by atoms with Crippen LogP contribution in [0.25, 0.3) is 0 Å². The zero-order valence-electron chi connectivity index (χ0n) is 29.8. The molecule has 0 amide bonds. The Morgan fingerprint density at radius 1 is 0.981 bits per heavy atom. The Bertz CT molecular complexity index is 2140. The zero-order chi connectivity index (χ0) is 38.7. The highest BCUT2D eigenvalue weighted by Crippen LogP contribution is 2.30. The van der Waals surface area contributed by atoms with Crippen LogP contribution in [0.3, 0.4) is 0 Å². The van der Waals surface area contributed by atoms with Crippen molar-refractivity contribution in [3.05, 3.63) is 135 Å². The van der Waals surface area contributed by atoms with Gasteiger partial charge in [-0.25, -0.2) is 14.4 Å². The lowest BCUT2D eigenvalue weighted by atomic mass is 9.98. The number of anilines is 1. The summed E-state index contributed by atoms with van der Waals surface area (Å²) in [6, 6.07) is 11.4. The van der Waals surface area contributed by atoms with Gasteiger partial charge < -0.3 is 30.2 Å². The van der Waals surface area contributed by atoms with Crippen LogP contribution in [-0.2, 0) is 27.4 Å². The average molecular weight is 756 g/mol. The molecule has 0 spiro atoms. The van der Waals surface area contributed by atoms with Gasteiger partial charge in [-0.05, 0) is 37.5 Å². The summed E-state index contributed by atoms with van der Waals surface area (Å²) in [7, 11) is 0. The van der Waals surface area contributed by atoms with E-state index in [1.54, 1.807) is 31.3 Å². The number of nitrogens with one attached hydrogen (secondary N) is 2. The number of nitrogens with zero attached hydrogens (tertiary/aromatic N) is 4. The van der Waals surface area contributed by atoms with Crippen LogP contribution in [-0.4, -0.2) is 76.0 Å². The Kier molecular flexibility index (Phi) is 14.9. The summed E-state index contributed by atoms with van der Waals surface area (Å²) < 4.78 is 20.3. The molecular formula is C35H45N7O10S. The van der Waals surface area contributed by atoms with Gasteiger partial charge in [0.05, 0.1) is 13.2 Å². The van der Waals surface area contributed by atoms with E-state index in [-0.39, 0.29) is 48.9 Å². The third-order valence-corrected chi connectivity index (χ3v) is 9.12. The molecule has 4 aromatic rings. The third kappa shape index (κ3) is 10.8. The molecule has 3 aromatic heterocycles. The summed E-state index contributed by atoms with van der Waals surface area (Å²) in [5, 5.41) is 17.8. The Morgan fingerprint density at radius 3 is 2.30 bits per heavy atom. The van der Waals surface area contributed by atoms with Crippen LogP contribution in [0, 0.1) is 6.92 Å². The van der Waals surface area contributed by atoms with Crippen LogP contribution < -0.4 is 33.9 Å². The Balaban J connectivity index is 0.000000182. The van der Waals surface area contributed by atoms with Crippen molar-refractivity contribution in [2.75, 3.05) is 31.3 Å². The number of thioether (sulfide) groups is 1. The molecule has 6 rings (SSSR count). The number of aromatic nitrogens is 6. The summed E-state index contributed by atoms with van der Waals surface area (Å²) in [6.45, 7) is 7.85. The van der Waals surface area contributed by atoms with Gasteiger partial charge in [0, 0.05) is 48.0 Å². The second-order valence-corrected chi connectivity index (χ2v) is 13.4. The smallest absolute Gasteiger partial charge is 0.351 e.